The smallest absolute Gasteiger partial charge is 0.323 e. The van der Waals surface area contributed by atoms with Gasteiger partial charge in [-0.1, -0.05) is 42.5 Å². The fourth-order valence-corrected chi connectivity index (χ4v) is 2.45. The predicted octanol–water partition coefficient (Wildman–Crippen LogP) is 2.77. The highest BCUT2D eigenvalue weighted by atomic mass is 16.5. The van der Waals surface area contributed by atoms with Gasteiger partial charge in [0.25, 0.3) is 0 Å². The number of carbonyl (C=O) groups excluding carboxylic acids is 1. The normalized spacial score (nSPS) is 23.3. The zero-order valence-electron chi connectivity index (χ0n) is 11.6. The molecule has 2 rings (SSSR count). The van der Waals surface area contributed by atoms with Gasteiger partial charge in [0.05, 0.1) is 6.61 Å². The number of esters is 1. The van der Waals surface area contributed by atoms with E-state index in [9.17, 15) is 4.79 Å². The summed E-state index contributed by atoms with van der Waals surface area (Å²) in [5, 5.41) is 0. The number of hydrogen-bond donors (Lipinski definition) is 0. The molecule has 102 valence electrons. The molecule has 0 spiro atoms. The molecule has 3 heteroatoms. The van der Waals surface area contributed by atoms with Crippen LogP contribution in [-0.4, -0.2) is 29.6 Å². The maximum absolute atomic E-state index is 12.0. The minimum absolute atomic E-state index is 0.116. The van der Waals surface area contributed by atoms with E-state index in [1.54, 1.807) is 0 Å². The maximum atomic E-state index is 12.0. The zero-order chi connectivity index (χ0) is 13.7. The van der Waals surface area contributed by atoms with Gasteiger partial charge in [0.15, 0.2) is 0 Å². The molecule has 0 bridgehead atoms. The molecule has 3 nitrogen and oxygen atoms in total. The van der Waals surface area contributed by atoms with Crippen LogP contribution in [0.3, 0.4) is 0 Å². The summed E-state index contributed by atoms with van der Waals surface area (Å²) in [6.07, 6.45) is 4.96. The molecule has 2 atom stereocenters. The van der Waals surface area contributed by atoms with Crippen molar-refractivity contribution >= 4 is 5.97 Å². The predicted molar refractivity (Wildman–Crippen MR) is 75.6 cm³/mol. The van der Waals surface area contributed by atoms with Gasteiger partial charge in [-0.25, -0.2) is 0 Å². The third-order valence-corrected chi connectivity index (χ3v) is 3.46. The molecule has 19 heavy (non-hydrogen) atoms. The van der Waals surface area contributed by atoms with Crippen LogP contribution in [0.25, 0.3) is 0 Å². The van der Waals surface area contributed by atoms with E-state index in [1.165, 1.54) is 5.56 Å². The monoisotopic (exact) mass is 259 g/mol. The van der Waals surface area contributed by atoms with Crippen LogP contribution in [0.4, 0.5) is 0 Å². The van der Waals surface area contributed by atoms with Gasteiger partial charge in [-0.3, -0.25) is 9.69 Å². The number of nitrogens with zero attached hydrogens (tertiary/aromatic N) is 1. The molecule has 0 N–H and O–H groups in total. The third-order valence-electron chi connectivity index (χ3n) is 3.46. The Hall–Kier alpha value is -1.61. The van der Waals surface area contributed by atoms with E-state index in [0.29, 0.717) is 6.61 Å². The lowest BCUT2D eigenvalue weighted by Crippen LogP contribution is -2.47. The second kappa shape index (κ2) is 6.53. The Morgan fingerprint density at radius 2 is 2.11 bits per heavy atom. The Kier molecular flexibility index (Phi) is 4.74. The van der Waals surface area contributed by atoms with Crippen molar-refractivity contribution in [2.75, 3.05) is 6.61 Å². The molecule has 1 aliphatic rings. The van der Waals surface area contributed by atoms with Crippen LogP contribution in [-0.2, 0) is 16.1 Å². The summed E-state index contributed by atoms with van der Waals surface area (Å²) in [6.45, 7) is 5.18. The molecule has 0 amide bonds. The first-order valence-electron chi connectivity index (χ1n) is 6.85. The van der Waals surface area contributed by atoms with Gasteiger partial charge >= 0.3 is 5.97 Å². The van der Waals surface area contributed by atoms with Gasteiger partial charge in [0.2, 0.25) is 0 Å². The molecule has 0 saturated carbocycles. The van der Waals surface area contributed by atoms with Crippen LogP contribution in [0.2, 0.25) is 0 Å². The standard InChI is InChI=1S/C16H21NO2/c1-3-19-16(18)15-11-7-8-13(2)17(15)12-14-9-5-4-6-10-14/h4-10,13,15H,3,11-12H2,1-2H3/t13-,15+/m0/s1. The second-order valence-corrected chi connectivity index (χ2v) is 4.83. The van der Waals surface area contributed by atoms with Gasteiger partial charge < -0.3 is 4.74 Å². The average molecular weight is 259 g/mol. The topological polar surface area (TPSA) is 29.5 Å². The fourth-order valence-electron chi connectivity index (χ4n) is 2.45. The minimum atomic E-state index is -0.167. The van der Waals surface area contributed by atoms with Crippen molar-refractivity contribution in [3.05, 3.63) is 48.0 Å². The van der Waals surface area contributed by atoms with E-state index < -0.39 is 0 Å². The van der Waals surface area contributed by atoms with E-state index >= 15 is 0 Å². The van der Waals surface area contributed by atoms with Crippen LogP contribution < -0.4 is 0 Å². The molecule has 0 aliphatic carbocycles. The van der Waals surface area contributed by atoms with E-state index in [1.807, 2.05) is 25.1 Å². The summed E-state index contributed by atoms with van der Waals surface area (Å²) < 4.78 is 5.18. The van der Waals surface area contributed by atoms with E-state index in [2.05, 4.69) is 36.1 Å². The second-order valence-electron chi connectivity index (χ2n) is 4.83. The Morgan fingerprint density at radius 3 is 2.79 bits per heavy atom. The quantitative estimate of drug-likeness (QED) is 0.615. The molecular formula is C16H21NO2. The lowest BCUT2D eigenvalue weighted by molar-refractivity contribution is -0.150. The molecule has 1 heterocycles. The van der Waals surface area contributed by atoms with Gasteiger partial charge in [0.1, 0.15) is 6.04 Å². The highest BCUT2D eigenvalue weighted by Gasteiger charge is 2.31. The Bertz CT molecular complexity index is 441. The van der Waals surface area contributed by atoms with Crippen molar-refractivity contribution in [3.8, 4) is 0 Å². The summed E-state index contributed by atoms with van der Waals surface area (Å²) in [7, 11) is 0. The number of carbonyl (C=O) groups is 1. The summed E-state index contributed by atoms with van der Waals surface area (Å²) in [5.74, 6) is -0.116. The van der Waals surface area contributed by atoms with Gasteiger partial charge in [-0.2, -0.15) is 0 Å². The fraction of sp³-hybridized carbons (Fsp3) is 0.438. The van der Waals surface area contributed by atoms with Gasteiger partial charge in [-0.05, 0) is 25.8 Å². The molecular weight excluding hydrogens is 238 g/mol. The summed E-state index contributed by atoms with van der Waals surface area (Å²) in [4.78, 5) is 14.2. The van der Waals surface area contributed by atoms with Crippen molar-refractivity contribution in [1.29, 1.82) is 0 Å². The van der Waals surface area contributed by atoms with Crippen molar-refractivity contribution in [1.82, 2.24) is 4.90 Å². The maximum Gasteiger partial charge on any atom is 0.323 e. The molecule has 0 saturated heterocycles. The SMILES string of the molecule is CCOC(=O)[C@H]1CC=C[C@H](C)N1Cc1ccccc1. The number of benzene rings is 1. The Balaban J connectivity index is 2.13. The molecule has 1 aromatic carbocycles. The van der Waals surface area contributed by atoms with Crippen LogP contribution >= 0.6 is 0 Å². The van der Waals surface area contributed by atoms with Crippen LogP contribution in [0.5, 0.6) is 0 Å². The van der Waals surface area contributed by atoms with Crippen molar-refractivity contribution in [2.45, 2.75) is 38.9 Å². The molecule has 1 aromatic rings. The molecule has 0 unspecified atom stereocenters. The van der Waals surface area contributed by atoms with E-state index in [0.717, 1.165) is 13.0 Å². The van der Waals surface area contributed by atoms with Crippen molar-refractivity contribution in [2.24, 2.45) is 0 Å². The molecule has 0 radical (unpaired) electrons. The lowest BCUT2D eigenvalue weighted by atomic mass is 10.0. The number of hydrogen-bond acceptors (Lipinski definition) is 3. The number of rotatable bonds is 4. The lowest BCUT2D eigenvalue weighted by Gasteiger charge is -2.36. The summed E-state index contributed by atoms with van der Waals surface area (Å²) in [6, 6.07) is 10.3. The van der Waals surface area contributed by atoms with Crippen LogP contribution in [0.1, 0.15) is 25.8 Å². The first-order chi connectivity index (χ1) is 9.22. The largest absolute Gasteiger partial charge is 0.465 e. The van der Waals surface area contributed by atoms with Crippen molar-refractivity contribution in [3.63, 3.8) is 0 Å². The summed E-state index contributed by atoms with van der Waals surface area (Å²) in [5.41, 5.74) is 1.22. The third kappa shape index (κ3) is 3.44. The number of ether oxygens (including phenoxy) is 1. The minimum Gasteiger partial charge on any atom is -0.465 e. The van der Waals surface area contributed by atoms with Crippen LogP contribution in [0, 0.1) is 0 Å². The first kappa shape index (κ1) is 13.8. The summed E-state index contributed by atoms with van der Waals surface area (Å²) >= 11 is 0. The average Bonchev–Trinajstić information content (AvgIpc) is 2.42. The highest BCUT2D eigenvalue weighted by molar-refractivity contribution is 5.76. The van der Waals surface area contributed by atoms with Gasteiger partial charge in [-0.15, -0.1) is 0 Å². The highest BCUT2D eigenvalue weighted by Crippen LogP contribution is 2.21. The molecule has 0 aromatic heterocycles. The van der Waals surface area contributed by atoms with Crippen molar-refractivity contribution < 1.29 is 9.53 Å². The van der Waals surface area contributed by atoms with Gasteiger partial charge in [0, 0.05) is 12.6 Å². The molecule has 1 aliphatic heterocycles. The molecule has 0 fully saturated rings. The zero-order valence-corrected chi connectivity index (χ0v) is 11.6. The van der Waals surface area contributed by atoms with E-state index in [4.69, 9.17) is 4.74 Å². The van der Waals surface area contributed by atoms with Crippen LogP contribution in [0.15, 0.2) is 42.5 Å². The Morgan fingerprint density at radius 1 is 1.37 bits per heavy atom. The first-order valence-corrected chi connectivity index (χ1v) is 6.85. The van der Waals surface area contributed by atoms with E-state index in [-0.39, 0.29) is 18.1 Å². The Labute approximate surface area is 114 Å².